The van der Waals surface area contributed by atoms with E-state index in [1.165, 1.54) is 0 Å². The zero-order chi connectivity index (χ0) is 21.6. The molecule has 0 atom stereocenters. The van der Waals surface area contributed by atoms with Crippen molar-refractivity contribution in [3.8, 4) is 5.75 Å². The number of rotatable bonds is 8. The van der Waals surface area contributed by atoms with Gasteiger partial charge in [-0.25, -0.2) is 4.79 Å². The summed E-state index contributed by atoms with van der Waals surface area (Å²) in [5.41, 5.74) is 11.2. The highest BCUT2D eigenvalue weighted by Crippen LogP contribution is 2.27. The summed E-state index contributed by atoms with van der Waals surface area (Å²) in [6, 6.07) is 14.8. The Morgan fingerprint density at radius 3 is 1.97 bits per heavy atom. The number of nitrogens with zero attached hydrogens (tertiary/aromatic N) is 3. The number of azide groups is 1. The second kappa shape index (κ2) is 9.13. The van der Waals surface area contributed by atoms with Gasteiger partial charge >= 0.3 is 5.97 Å². The number of ether oxygens (including phenoxy) is 2. The fraction of sp³-hybridized carbons (Fsp3) is 0.261. The van der Waals surface area contributed by atoms with Crippen LogP contribution in [0, 0.1) is 0 Å². The molecule has 0 aliphatic heterocycles. The van der Waals surface area contributed by atoms with E-state index in [4.69, 9.17) is 15.0 Å². The highest BCUT2D eigenvalue weighted by Gasteiger charge is 2.32. The molecule has 0 aromatic heterocycles. The van der Waals surface area contributed by atoms with Gasteiger partial charge in [0, 0.05) is 10.6 Å². The Hall–Kier alpha value is -3.50. The lowest BCUT2D eigenvalue weighted by atomic mass is 9.98. The first-order chi connectivity index (χ1) is 13.6. The van der Waals surface area contributed by atoms with Crippen molar-refractivity contribution in [3.63, 3.8) is 0 Å². The van der Waals surface area contributed by atoms with E-state index in [1.807, 2.05) is 36.4 Å². The average molecular weight is 391 g/mol. The number of esters is 1. The minimum atomic E-state index is -1.09. The average Bonchev–Trinajstić information content (AvgIpc) is 2.67. The molecule has 6 heteroatoms. The first-order valence-electron chi connectivity index (χ1n) is 9.18. The Morgan fingerprint density at radius 1 is 1.00 bits per heavy atom. The van der Waals surface area contributed by atoms with Crippen LogP contribution < -0.4 is 4.74 Å². The largest absolute Gasteiger partial charge is 0.476 e. The first kappa shape index (κ1) is 21.8. The number of carbonyl (C=O) groups is 1. The molecule has 0 aliphatic rings. The second-order valence-electron chi connectivity index (χ2n) is 7.28. The summed E-state index contributed by atoms with van der Waals surface area (Å²) in [6.45, 7) is 14.8. The summed E-state index contributed by atoms with van der Waals surface area (Å²) >= 11 is 0. The lowest BCUT2D eigenvalue weighted by Crippen LogP contribution is -2.40. The molecule has 6 nitrogen and oxygen atoms in total. The molecule has 0 saturated carbocycles. The first-order valence-corrected chi connectivity index (χ1v) is 9.18. The highest BCUT2D eigenvalue weighted by molar-refractivity contribution is 5.80. The van der Waals surface area contributed by atoms with E-state index in [0.29, 0.717) is 11.4 Å². The molecule has 2 aromatic carbocycles. The SMILES string of the molecule is C=C(N=[N+]=[N-])c1ccc(C(=C)c2ccc(OC(C)(C)C(=O)OC(C)C)cc2)cc1. The highest BCUT2D eigenvalue weighted by atomic mass is 16.6. The van der Waals surface area contributed by atoms with Crippen LogP contribution >= 0.6 is 0 Å². The maximum absolute atomic E-state index is 12.2. The van der Waals surface area contributed by atoms with Crippen molar-refractivity contribution in [1.82, 2.24) is 0 Å². The molecule has 29 heavy (non-hydrogen) atoms. The van der Waals surface area contributed by atoms with Crippen LogP contribution in [0.3, 0.4) is 0 Å². The summed E-state index contributed by atoms with van der Waals surface area (Å²) in [5, 5.41) is 3.51. The normalized spacial score (nSPS) is 10.8. The van der Waals surface area contributed by atoms with Crippen molar-refractivity contribution in [2.24, 2.45) is 5.11 Å². The number of benzene rings is 2. The van der Waals surface area contributed by atoms with E-state index in [0.717, 1.165) is 22.3 Å². The van der Waals surface area contributed by atoms with Gasteiger partial charge in [0.05, 0.1) is 6.10 Å². The van der Waals surface area contributed by atoms with E-state index >= 15 is 0 Å². The zero-order valence-electron chi connectivity index (χ0n) is 17.2. The van der Waals surface area contributed by atoms with Crippen LogP contribution in [0.25, 0.3) is 21.7 Å². The predicted octanol–water partition coefficient (Wildman–Crippen LogP) is 6.14. The number of hydrogen-bond donors (Lipinski definition) is 0. The van der Waals surface area contributed by atoms with Crippen molar-refractivity contribution >= 4 is 17.2 Å². The number of carbonyl (C=O) groups excluding carboxylic acids is 1. The van der Waals surface area contributed by atoms with Crippen LogP contribution in [0.5, 0.6) is 5.75 Å². The smallest absolute Gasteiger partial charge is 0.350 e. The van der Waals surface area contributed by atoms with E-state index in [2.05, 4.69) is 23.2 Å². The topological polar surface area (TPSA) is 84.3 Å². The molecule has 0 heterocycles. The Labute approximate surface area is 171 Å². The lowest BCUT2D eigenvalue weighted by molar-refractivity contribution is -0.163. The standard InChI is InChI=1S/C23H25N3O3/c1-15(2)28-22(27)23(5,6)29-21-13-11-19(12-14-21)16(3)18-7-9-20(10-8-18)17(4)25-26-24/h7-15H,3-4H2,1-2,5-6H3. The molecule has 0 saturated heterocycles. The lowest BCUT2D eigenvalue weighted by Gasteiger charge is -2.25. The van der Waals surface area contributed by atoms with Crippen LogP contribution in [0.4, 0.5) is 0 Å². The van der Waals surface area contributed by atoms with Crippen LogP contribution in [0.2, 0.25) is 0 Å². The van der Waals surface area contributed by atoms with Gasteiger partial charge in [-0.1, -0.05) is 54.7 Å². The molecular formula is C23H25N3O3. The Kier molecular flexibility index (Phi) is 6.86. The molecule has 150 valence electrons. The molecular weight excluding hydrogens is 366 g/mol. The molecule has 0 spiro atoms. The second-order valence-corrected chi connectivity index (χ2v) is 7.28. The van der Waals surface area contributed by atoms with E-state index in [-0.39, 0.29) is 6.10 Å². The van der Waals surface area contributed by atoms with Crippen molar-refractivity contribution < 1.29 is 14.3 Å². The Morgan fingerprint density at radius 2 is 1.48 bits per heavy atom. The summed E-state index contributed by atoms with van der Waals surface area (Å²) < 4.78 is 11.1. The monoisotopic (exact) mass is 391 g/mol. The molecule has 0 amide bonds. The Balaban J connectivity index is 2.11. The van der Waals surface area contributed by atoms with Gasteiger partial charge in [0.2, 0.25) is 0 Å². The third-order valence-corrected chi connectivity index (χ3v) is 4.14. The summed E-state index contributed by atoms with van der Waals surface area (Å²) in [7, 11) is 0. The van der Waals surface area contributed by atoms with E-state index < -0.39 is 11.6 Å². The van der Waals surface area contributed by atoms with Crippen molar-refractivity contribution in [2.45, 2.75) is 39.4 Å². The molecule has 0 aliphatic carbocycles. The molecule has 0 N–H and O–H groups in total. The summed E-state index contributed by atoms with van der Waals surface area (Å²) in [6.07, 6.45) is -0.202. The predicted molar refractivity (Wildman–Crippen MR) is 115 cm³/mol. The van der Waals surface area contributed by atoms with Crippen molar-refractivity contribution in [3.05, 3.63) is 88.8 Å². The van der Waals surface area contributed by atoms with Gasteiger partial charge in [-0.3, -0.25) is 0 Å². The molecule has 0 radical (unpaired) electrons. The molecule has 2 rings (SSSR count). The molecule has 2 aromatic rings. The van der Waals surface area contributed by atoms with Crippen LogP contribution in [0.1, 0.15) is 44.4 Å². The van der Waals surface area contributed by atoms with Gasteiger partial charge < -0.3 is 9.47 Å². The summed E-state index contributed by atoms with van der Waals surface area (Å²) in [4.78, 5) is 14.9. The zero-order valence-corrected chi connectivity index (χ0v) is 17.2. The van der Waals surface area contributed by atoms with Crippen molar-refractivity contribution in [2.75, 3.05) is 0 Å². The van der Waals surface area contributed by atoms with E-state index in [9.17, 15) is 4.79 Å². The molecule has 0 unspecified atom stereocenters. The third-order valence-electron chi connectivity index (χ3n) is 4.14. The van der Waals surface area contributed by atoms with Crippen LogP contribution in [-0.4, -0.2) is 17.7 Å². The van der Waals surface area contributed by atoms with Gasteiger partial charge in [-0.05, 0) is 67.6 Å². The molecule has 0 fully saturated rings. The maximum atomic E-state index is 12.2. The van der Waals surface area contributed by atoms with Crippen LogP contribution in [-0.2, 0) is 9.53 Å². The van der Waals surface area contributed by atoms with Gasteiger partial charge in [0.15, 0.2) is 5.60 Å². The minimum Gasteiger partial charge on any atom is -0.476 e. The van der Waals surface area contributed by atoms with E-state index in [1.54, 1.807) is 39.8 Å². The van der Waals surface area contributed by atoms with Gasteiger partial charge in [0.25, 0.3) is 0 Å². The van der Waals surface area contributed by atoms with Crippen molar-refractivity contribution in [1.29, 1.82) is 0 Å². The third kappa shape index (κ3) is 5.74. The molecule has 0 bridgehead atoms. The van der Waals surface area contributed by atoms with Gasteiger partial charge in [-0.15, -0.1) is 0 Å². The van der Waals surface area contributed by atoms with Gasteiger partial charge in [0.1, 0.15) is 5.75 Å². The fourth-order valence-corrected chi connectivity index (χ4v) is 2.56. The van der Waals surface area contributed by atoms with Crippen LogP contribution in [0.15, 0.2) is 66.8 Å². The fourth-order valence-electron chi connectivity index (χ4n) is 2.56. The minimum absolute atomic E-state index is 0.202. The quantitative estimate of drug-likeness (QED) is 0.234. The van der Waals surface area contributed by atoms with Gasteiger partial charge in [-0.2, -0.15) is 0 Å². The Bertz CT molecular complexity index is 952. The number of hydrogen-bond acceptors (Lipinski definition) is 4. The summed E-state index contributed by atoms with van der Waals surface area (Å²) in [5.74, 6) is 0.150. The maximum Gasteiger partial charge on any atom is 0.350 e.